The van der Waals surface area contributed by atoms with Crippen LogP contribution in [0.3, 0.4) is 0 Å². The summed E-state index contributed by atoms with van der Waals surface area (Å²) in [6, 6.07) is 21.5. The standard InChI is InChI=1S/C37H35ClN6O6S.C19H17ClN4O2S.C18H20N2O5/c1-19-20(2)51-37-30(19)32(22-11-13-23(38)14-12-22)39-26(33-42-41-21(3)43(33)37)18-24(45)8-5-4-6-17-50-28-10-7-9-25-31(28)36(49)44(35(25)48)27-15-16-29(46)40-34(27)47;1-9-10(2)27-19-16(9)17(12-4-6-13(20)7-5-12)21-14(8-15(25)26)18-23-22-11(3)24(18)19;1-2-3-4-10-25-13-7-5-6-11-15(13)18(24)20(17(11)23)12-8-9-14(21)19-16(12)22/h7,9-14,26-27H,4-6,8,15-18H2,1-3H3,(H,40,46,47);4-7,14H,8H2,1-3H3,(H,25,26);5-7,12H,2-4,8-10H2,1H3,(H,19,21,22)/t26-,27?;14-;/m00./s1. The van der Waals surface area contributed by atoms with Gasteiger partial charge in [-0.05, 0) is 140 Å². The Morgan fingerprint density at radius 3 is 1.38 bits per heavy atom. The summed E-state index contributed by atoms with van der Waals surface area (Å²) in [5.74, 6) is -1.95. The molecule has 0 saturated carbocycles. The molecular formula is C74H72Cl2N12O13S2. The highest BCUT2D eigenvalue weighted by molar-refractivity contribution is 7.15. The number of halogens is 2. The number of nitrogens with zero attached hydrogens (tertiary/aromatic N) is 10. The number of aryl methyl sites for hydroxylation is 4. The summed E-state index contributed by atoms with van der Waals surface area (Å²) in [6.45, 7) is 14.9. The summed E-state index contributed by atoms with van der Waals surface area (Å²) in [7, 11) is 0. The van der Waals surface area contributed by atoms with E-state index in [2.05, 4.69) is 65.6 Å². The van der Waals surface area contributed by atoms with Crippen LogP contribution >= 0.6 is 45.9 Å². The van der Waals surface area contributed by atoms with Gasteiger partial charge in [-0.25, -0.2) is 0 Å². The number of aliphatic carboxylic acids is 1. The summed E-state index contributed by atoms with van der Waals surface area (Å²) >= 11 is 15.6. The molecule has 6 aliphatic rings. The third-order valence-electron chi connectivity index (χ3n) is 18.7. The largest absolute Gasteiger partial charge is 0.493 e. The fourth-order valence-electron chi connectivity index (χ4n) is 13.3. The predicted molar refractivity (Wildman–Crippen MR) is 384 cm³/mol. The number of amides is 8. The highest BCUT2D eigenvalue weighted by atomic mass is 35.5. The molecule has 8 aromatic rings. The first-order valence-corrected chi connectivity index (χ1v) is 36.2. The number of thiophene rings is 2. The predicted octanol–water partition coefficient (Wildman–Crippen LogP) is 11.7. The maximum absolute atomic E-state index is 13.4. The maximum atomic E-state index is 13.4. The van der Waals surface area contributed by atoms with Gasteiger partial charge in [0, 0.05) is 67.7 Å². The number of benzene rings is 4. The Labute approximate surface area is 609 Å². The number of hydrogen-bond donors (Lipinski definition) is 3. The first kappa shape index (κ1) is 72.6. The molecule has 3 N–H and O–H groups in total. The zero-order chi connectivity index (χ0) is 73.2. The highest BCUT2D eigenvalue weighted by Crippen LogP contribution is 2.43. The summed E-state index contributed by atoms with van der Waals surface area (Å²) in [5, 5.41) is 34.3. The minimum absolute atomic E-state index is 0.0461. The van der Waals surface area contributed by atoms with E-state index in [1.807, 2.05) is 71.5 Å². The van der Waals surface area contributed by atoms with Crippen LogP contribution < -0.4 is 20.1 Å². The van der Waals surface area contributed by atoms with Crippen LogP contribution in [0.5, 0.6) is 11.5 Å². The van der Waals surface area contributed by atoms with E-state index in [4.69, 9.17) is 42.7 Å². The number of Topliss-reactive ketones (excluding diaryl/α,β-unsaturated/α-hetero) is 1. The molecule has 2 saturated heterocycles. The highest BCUT2D eigenvalue weighted by Gasteiger charge is 2.48. The number of carboxylic acid groups (broad SMARTS) is 1. The Morgan fingerprint density at radius 1 is 0.534 bits per heavy atom. The lowest BCUT2D eigenvalue weighted by molar-refractivity contribution is -0.138. The van der Waals surface area contributed by atoms with Crippen LogP contribution in [-0.4, -0.2) is 140 Å². The van der Waals surface area contributed by atoms with E-state index in [9.17, 15) is 53.1 Å². The van der Waals surface area contributed by atoms with Crippen molar-refractivity contribution in [3.05, 3.63) is 184 Å². The summed E-state index contributed by atoms with van der Waals surface area (Å²) < 4.78 is 15.6. The molecule has 103 heavy (non-hydrogen) atoms. The topological polar surface area (TPSA) is 326 Å². The second-order valence-corrected chi connectivity index (χ2v) is 28.9. The van der Waals surface area contributed by atoms with Crippen molar-refractivity contribution in [3.63, 3.8) is 0 Å². The number of carbonyl (C=O) groups is 10. The smallest absolute Gasteiger partial charge is 0.306 e. The van der Waals surface area contributed by atoms with E-state index >= 15 is 0 Å². The van der Waals surface area contributed by atoms with Crippen molar-refractivity contribution < 1.29 is 62.5 Å². The molecule has 4 aromatic carbocycles. The van der Waals surface area contributed by atoms with Gasteiger partial charge in [-0.1, -0.05) is 79.4 Å². The molecule has 25 nitrogen and oxygen atoms in total. The van der Waals surface area contributed by atoms with Crippen LogP contribution in [0.25, 0.3) is 10.0 Å². The molecule has 6 aliphatic heterocycles. The average Bonchev–Trinajstić information content (AvgIpc) is 1.51. The Balaban J connectivity index is 0.000000161. The van der Waals surface area contributed by atoms with Crippen molar-refractivity contribution in [2.75, 3.05) is 13.2 Å². The second-order valence-electron chi connectivity index (χ2n) is 25.6. The monoisotopic (exact) mass is 1470 g/mol. The number of nitrogens with one attached hydrogen (secondary N) is 2. The Hall–Kier alpha value is -10.2. The lowest BCUT2D eigenvalue weighted by Crippen LogP contribution is -2.54. The van der Waals surface area contributed by atoms with Gasteiger partial charge < -0.3 is 14.6 Å². The summed E-state index contributed by atoms with van der Waals surface area (Å²) in [5.41, 5.74) is 8.36. The molecule has 2 fully saturated rings. The zero-order valence-corrected chi connectivity index (χ0v) is 60.5. The van der Waals surface area contributed by atoms with Crippen molar-refractivity contribution in [1.82, 2.24) is 50.0 Å². The molecule has 14 rings (SSSR count). The van der Waals surface area contributed by atoms with Gasteiger partial charge in [-0.15, -0.1) is 43.1 Å². The van der Waals surface area contributed by atoms with Gasteiger partial charge >= 0.3 is 5.97 Å². The Kier molecular flexibility index (Phi) is 21.7. The van der Waals surface area contributed by atoms with E-state index < -0.39 is 77.4 Å². The molecule has 2 unspecified atom stereocenters. The average molecular weight is 1470 g/mol. The van der Waals surface area contributed by atoms with Gasteiger partial charge in [-0.3, -0.25) is 87.5 Å². The first-order valence-electron chi connectivity index (χ1n) is 33.8. The second kappa shape index (κ2) is 30.8. The zero-order valence-electron chi connectivity index (χ0n) is 57.4. The summed E-state index contributed by atoms with van der Waals surface area (Å²) in [4.78, 5) is 138. The van der Waals surface area contributed by atoms with Crippen LogP contribution in [0, 0.1) is 41.5 Å². The fraction of sp³-hybridized carbons (Fsp3) is 0.351. The van der Waals surface area contributed by atoms with E-state index in [1.165, 1.54) is 15.8 Å². The molecule has 0 radical (unpaired) electrons. The molecule has 29 heteroatoms. The Bertz CT molecular complexity index is 4860. The number of carbonyl (C=O) groups excluding carboxylic acids is 9. The third-order valence-corrected chi connectivity index (χ3v) is 21.6. The summed E-state index contributed by atoms with van der Waals surface area (Å²) in [6.07, 6.45) is 5.62. The van der Waals surface area contributed by atoms with E-state index in [-0.39, 0.29) is 78.9 Å². The van der Waals surface area contributed by atoms with Gasteiger partial charge in [-0.2, -0.15) is 0 Å². The molecule has 0 bridgehead atoms. The van der Waals surface area contributed by atoms with E-state index in [0.717, 1.165) is 95.5 Å². The molecule has 0 spiro atoms. The van der Waals surface area contributed by atoms with Gasteiger partial charge in [0.05, 0.1) is 53.3 Å². The van der Waals surface area contributed by atoms with Crippen LogP contribution in [0.4, 0.5) is 0 Å². The molecule has 8 amide bonds. The molecule has 0 aliphatic carbocycles. The number of hydrogen-bond acceptors (Lipinski definition) is 20. The molecular weight excluding hydrogens is 1400 g/mol. The quantitative estimate of drug-likeness (QED) is 0.0471. The van der Waals surface area contributed by atoms with Crippen LogP contribution in [-0.2, 0) is 28.8 Å². The number of rotatable bonds is 20. The number of ether oxygens (including phenoxy) is 2. The number of piperidine rings is 2. The number of carboxylic acids is 1. The number of aliphatic imine (C=N–C) groups is 2. The van der Waals surface area contributed by atoms with Crippen LogP contribution in [0.2, 0.25) is 10.0 Å². The van der Waals surface area contributed by atoms with Crippen molar-refractivity contribution in [3.8, 4) is 21.5 Å². The fourth-order valence-corrected chi connectivity index (χ4v) is 16.0. The van der Waals surface area contributed by atoms with Crippen LogP contribution in [0.1, 0.15) is 210 Å². The number of aromatic nitrogens is 6. The van der Waals surface area contributed by atoms with Crippen molar-refractivity contribution in [2.45, 2.75) is 156 Å². The number of fused-ring (bicyclic) bond motifs is 8. The SMILES string of the molecule is CCCCCOc1cccc2c1C(=O)N(C1CCC(=O)NC1=O)C2=O.Cc1sc2c(c1C)C(c1ccc(Cl)cc1)=N[C@@H](CC(=O)CCCCCOc1cccc3c1C(=O)N(C1CCC(=O)NC1=O)C3=O)c1nnc(C)n1-2.Cc1sc2c(c1C)C(c1ccc(Cl)cc1)=N[C@@H](CC(=O)O)c1nnc(C)n1-2. The molecule has 532 valence electrons. The van der Waals surface area contributed by atoms with E-state index in [1.54, 1.807) is 53.0 Å². The minimum atomic E-state index is -1.05. The van der Waals surface area contributed by atoms with Crippen LogP contribution in [0.15, 0.2) is 94.9 Å². The van der Waals surface area contributed by atoms with Gasteiger partial charge in [0.15, 0.2) is 11.6 Å². The Morgan fingerprint density at radius 2 is 0.961 bits per heavy atom. The van der Waals surface area contributed by atoms with Crippen molar-refractivity contribution >= 4 is 116 Å². The number of imide groups is 4. The first-order chi connectivity index (χ1) is 49.4. The maximum Gasteiger partial charge on any atom is 0.306 e. The van der Waals surface area contributed by atoms with Crippen molar-refractivity contribution in [1.29, 1.82) is 0 Å². The lowest BCUT2D eigenvalue weighted by Gasteiger charge is -2.27. The lowest BCUT2D eigenvalue weighted by atomic mass is 9.99. The third kappa shape index (κ3) is 14.6. The van der Waals surface area contributed by atoms with E-state index in [0.29, 0.717) is 59.7 Å². The molecule has 10 heterocycles. The number of ketones is 1. The molecule has 4 aromatic heterocycles. The van der Waals surface area contributed by atoms with Gasteiger partial charge in [0.1, 0.15) is 63.1 Å². The van der Waals surface area contributed by atoms with Gasteiger partial charge in [0.25, 0.3) is 23.6 Å². The van der Waals surface area contributed by atoms with Gasteiger partial charge in [0.2, 0.25) is 23.6 Å². The normalized spacial score (nSPS) is 18.0. The van der Waals surface area contributed by atoms with Crippen molar-refractivity contribution in [2.24, 2.45) is 9.98 Å². The molecule has 4 atom stereocenters. The number of unbranched alkanes of at least 4 members (excludes halogenated alkanes) is 4. The minimum Gasteiger partial charge on any atom is -0.493 e.